The molecule has 10 heteroatoms. The SMILES string of the molecule is CC(C)(C)OC(=O)N1CCN(c2cc(Cl)cc3c2OC(S(=O)(=O)c2ccccc2)CN3)CC1. The van der Waals surface area contributed by atoms with E-state index in [2.05, 4.69) is 5.32 Å². The van der Waals surface area contributed by atoms with Gasteiger partial charge in [-0.1, -0.05) is 29.8 Å². The summed E-state index contributed by atoms with van der Waals surface area (Å²) in [7, 11) is -3.71. The highest BCUT2D eigenvalue weighted by atomic mass is 35.5. The molecule has 1 amide bonds. The van der Waals surface area contributed by atoms with Gasteiger partial charge in [0.25, 0.3) is 0 Å². The Hall–Kier alpha value is -2.65. The first-order valence-electron chi connectivity index (χ1n) is 10.8. The zero-order valence-electron chi connectivity index (χ0n) is 18.9. The van der Waals surface area contributed by atoms with E-state index in [-0.39, 0.29) is 17.5 Å². The van der Waals surface area contributed by atoms with E-state index in [1.54, 1.807) is 47.4 Å². The second kappa shape index (κ2) is 8.95. The number of hydrogen-bond acceptors (Lipinski definition) is 7. The third-order valence-corrected chi connectivity index (χ3v) is 7.53. The van der Waals surface area contributed by atoms with Crippen LogP contribution in [0.5, 0.6) is 5.75 Å². The zero-order chi connectivity index (χ0) is 23.8. The Kier molecular flexibility index (Phi) is 6.37. The third-order valence-electron chi connectivity index (χ3n) is 5.43. The molecule has 2 heterocycles. The number of sulfone groups is 1. The molecule has 4 rings (SSSR count). The molecule has 1 atom stereocenters. The van der Waals surface area contributed by atoms with Gasteiger partial charge in [-0.2, -0.15) is 0 Å². The number of amides is 1. The van der Waals surface area contributed by atoms with Crippen LogP contribution in [-0.2, 0) is 14.6 Å². The number of nitrogens with one attached hydrogen (secondary N) is 1. The van der Waals surface area contributed by atoms with E-state index < -0.39 is 20.9 Å². The van der Waals surface area contributed by atoms with E-state index in [9.17, 15) is 13.2 Å². The monoisotopic (exact) mass is 493 g/mol. The van der Waals surface area contributed by atoms with Crippen molar-refractivity contribution in [3.63, 3.8) is 0 Å². The molecule has 2 aromatic carbocycles. The number of nitrogens with zero attached hydrogens (tertiary/aromatic N) is 2. The summed E-state index contributed by atoms with van der Waals surface area (Å²) in [6, 6.07) is 11.8. The summed E-state index contributed by atoms with van der Waals surface area (Å²) in [5.41, 5.74) is -0.289. The van der Waals surface area contributed by atoms with E-state index in [4.69, 9.17) is 21.1 Å². The molecule has 178 valence electrons. The van der Waals surface area contributed by atoms with Gasteiger partial charge in [-0.05, 0) is 45.0 Å². The third kappa shape index (κ3) is 5.14. The maximum absolute atomic E-state index is 13.1. The molecule has 1 fully saturated rings. The molecule has 0 radical (unpaired) electrons. The molecule has 1 N–H and O–H groups in total. The lowest BCUT2D eigenvalue weighted by Crippen LogP contribution is -2.50. The fraction of sp³-hybridized carbons (Fsp3) is 0.435. The maximum atomic E-state index is 13.1. The van der Waals surface area contributed by atoms with Crippen molar-refractivity contribution in [2.45, 2.75) is 36.7 Å². The predicted molar refractivity (Wildman–Crippen MR) is 128 cm³/mol. The molecule has 0 aromatic heterocycles. The van der Waals surface area contributed by atoms with E-state index in [1.807, 2.05) is 25.7 Å². The van der Waals surface area contributed by atoms with Gasteiger partial charge in [0.1, 0.15) is 5.60 Å². The van der Waals surface area contributed by atoms with Crippen molar-refractivity contribution in [1.82, 2.24) is 4.90 Å². The van der Waals surface area contributed by atoms with Gasteiger partial charge < -0.3 is 24.6 Å². The summed E-state index contributed by atoms with van der Waals surface area (Å²) < 4.78 is 37.8. The lowest BCUT2D eigenvalue weighted by molar-refractivity contribution is 0.0240. The van der Waals surface area contributed by atoms with Crippen molar-refractivity contribution in [3.05, 3.63) is 47.5 Å². The lowest BCUT2D eigenvalue weighted by atomic mass is 10.2. The maximum Gasteiger partial charge on any atom is 0.410 e. The molecule has 2 aliphatic heterocycles. The highest BCUT2D eigenvalue weighted by Crippen LogP contribution is 2.43. The van der Waals surface area contributed by atoms with Crippen molar-refractivity contribution in [1.29, 1.82) is 0 Å². The van der Waals surface area contributed by atoms with E-state index in [0.29, 0.717) is 48.3 Å². The normalized spacial score (nSPS) is 18.7. The van der Waals surface area contributed by atoms with Crippen LogP contribution < -0.4 is 15.0 Å². The number of ether oxygens (including phenoxy) is 2. The molecule has 0 bridgehead atoms. The summed E-state index contributed by atoms with van der Waals surface area (Å²) >= 11 is 6.35. The Bertz CT molecular complexity index is 1130. The van der Waals surface area contributed by atoms with Gasteiger partial charge in [-0.25, -0.2) is 13.2 Å². The Morgan fingerprint density at radius 1 is 1.12 bits per heavy atom. The summed E-state index contributed by atoms with van der Waals surface area (Å²) in [4.78, 5) is 16.3. The number of carbonyl (C=O) groups is 1. The van der Waals surface area contributed by atoms with Gasteiger partial charge >= 0.3 is 6.09 Å². The number of carbonyl (C=O) groups excluding carboxylic acids is 1. The Morgan fingerprint density at radius 3 is 2.42 bits per heavy atom. The summed E-state index contributed by atoms with van der Waals surface area (Å²) in [5, 5.41) is 3.67. The highest BCUT2D eigenvalue weighted by molar-refractivity contribution is 7.92. The molecule has 0 aliphatic carbocycles. The second-order valence-corrected chi connectivity index (χ2v) is 11.6. The minimum atomic E-state index is -3.71. The van der Waals surface area contributed by atoms with Crippen LogP contribution in [0, 0.1) is 0 Å². The number of anilines is 2. The topological polar surface area (TPSA) is 88.2 Å². The second-order valence-electron chi connectivity index (χ2n) is 9.04. The van der Waals surface area contributed by atoms with Gasteiger partial charge in [-0.3, -0.25) is 0 Å². The first-order chi connectivity index (χ1) is 15.5. The largest absolute Gasteiger partial charge is 0.468 e. The molecule has 1 saturated heterocycles. The van der Waals surface area contributed by atoms with Gasteiger partial charge in [0, 0.05) is 31.2 Å². The summed E-state index contributed by atoms with van der Waals surface area (Å²) in [5.74, 6) is 0.445. The summed E-state index contributed by atoms with van der Waals surface area (Å²) in [6.45, 7) is 7.62. The van der Waals surface area contributed by atoms with Crippen LogP contribution in [0.1, 0.15) is 20.8 Å². The van der Waals surface area contributed by atoms with Crippen molar-refractivity contribution >= 4 is 38.9 Å². The molecule has 0 spiro atoms. The molecule has 2 aromatic rings. The van der Waals surface area contributed by atoms with E-state index in [1.165, 1.54) is 0 Å². The van der Waals surface area contributed by atoms with Crippen LogP contribution in [-0.4, -0.2) is 63.2 Å². The smallest absolute Gasteiger partial charge is 0.410 e. The average molecular weight is 494 g/mol. The van der Waals surface area contributed by atoms with Crippen molar-refractivity contribution < 1.29 is 22.7 Å². The van der Waals surface area contributed by atoms with E-state index >= 15 is 0 Å². The van der Waals surface area contributed by atoms with Crippen LogP contribution in [0.2, 0.25) is 5.02 Å². The molecular weight excluding hydrogens is 466 g/mol. The van der Waals surface area contributed by atoms with Gasteiger partial charge in [0.15, 0.2) is 5.75 Å². The van der Waals surface area contributed by atoms with Gasteiger partial charge in [-0.15, -0.1) is 0 Å². The van der Waals surface area contributed by atoms with Crippen molar-refractivity contribution in [2.75, 3.05) is 42.9 Å². The number of piperazine rings is 1. The van der Waals surface area contributed by atoms with Gasteiger partial charge in [0.2, 0.25) is 15.3 Å². The minimum absolute atomic E-state index is 0.108. The van der Waals surface area contributed by atoms with Crippen LogP contribution in [0.4, 0.5) is 16.2 Å². The number of fused-ring (bicyclic) bond motifs is 1. The first-order valence-corrected chi connectivity index (χ1v) is 12.7. The van der Waals surface area contributed by atoms with Crippen LogP contribution in [0.15, 0.2) is 47.4 Å². The Labute approximate surface area is 199 Å². The number of benzene rings is 2. The number of rotatable bonds is 3. The fourth-order valence-electron chi connectivity index (χ4n) is 3.83. The molecule has 0 saturated carbocycles. The predicted octanol–water partition coefficient (Wildman–Crippen LogP) is 4.00. The minimum Gasteiger partial charge on any atom is -0.468 e. The molecule has 33 heavy (non-hydrogen) atoms. The number of hydrogen-bond donors (Lipinski definition) is 1. The zero-order valence-corrected chi connectivity index (χ0v) is 20.4. The van der Waals surface area contributed by atoms with Crippen molar-refractivity contribution in [2.24, 2.45) is 0 Å². The van der Waals surface area contributed by atoms with Crippen LogP contribution in [0.3, 0.4) is 0 Å². The average Bonchev–Trinajstić information content (AvgIpc) is 2.77. The molecular formula is C23H28ClN3O5S. The Balaban J connectivity index is 1.54. The quantitative estimate of drug-likeness (QED) is 0.691. The van der Waals surface area contributed by atoms with Crippen LogP contribution >= 0.6 is 11.6 Å². The van der Waals surface area contributed by atoms with Gasteiger partial charge in [0.05, 0.1) is 22.8 Å². The highest BCUT2D eigenvalue weighted by Gasteiger charge is 2.35. The Morgan fingerprint density at radius 2 is 1.79 bits per heavy atom. The summed E-state index contributed by atoms with van der Waals surface area (Å²) in [6.07, 6.45) is -0.345. The van der Waals surface area contributed by atoms with Crippen molar-refractivity contribution in [3.8, 4) is 5.75 Å². The number of halogens is 1. The first kappa shape index (κ1) is 23.5. The van der Waals surface area contributed by atoms with Crippen LogP contribution in [0.25, 0.3) is 0 Å². The standard InChI is InChI=1S/C23H28ClN3O5S/c1-23(2,3)32-22(28)27-11-9-26(10-12-27)19-14-16(24)13-18-21(19)31-20(15-25-18)33(29,30)17-7-5-4-6-8-17/h4-8,13-14,20,25H,9-12,15H2,1-3H3. The lowest BCUT2D eigenvalue weighted by Gasteiger charge is -2.38. The fourth-order valence-corrected chi connectivity index (χ4v) is 5.41. The molecule has 8 nitrogen and oxygen atoms in total. The molecule has 1 unspecified atom stereocenters. The molecule has 2 aliphatic rings. The van der Waals surface area contributed by atoms with E-state index in [0.717, 1.165) is 0 Å².